The lowest BCUT2D eigenvalue weighted by atomic mass is 9.95. The number of carbonyl (C=O) groups is 1. The minimum absolute atomic E-state index is 0.0726. The number of ether oxygens (including phenoxy) is 1. The Hall–Kier alpha value is -2.40. The lowest BCUT2D eigenvalue weighted by Crippen LogP contribution is -2.59. The average Bonchev–Trinajstić information content (AvgIpc) is 2.85. The highest BCUT2D eigenvalue weighted by Crippen LogP contribution is 2.33. The van der Waals surface area contributed by atoms with Crippen LogP contribution in [-0.2, 0) is 6.54 Å². The molecule has 0 aliphatic carbocycles. The van der Waals surface area contributed by atoms with Crippen LogP contribution in [0.3, 0.4) is 0 Å². The fraction of sp³-hybridized carbons (Fsp3) is 0.414. The lowest BCUT2D eigenvalue weighted by molar-refractivity contribution is -0.926. The first kappa shape index (κ1) is 24.7. The summed E-state index contributed by atoms with van der Waals surface area (Å²) >= 11 is 6.49. The first-order chi connectivity index (χ1) is 16.4. The van der Waals surface area contributed by atoms with Gasteiger partial charge in [-0.1, -0.05) is 79.9 Å². The Labute approximate surface area is 208 Å². The number of likely N-dealkylation sites (N-methyl/N-ethyl adjacent to an activating group) is 1. The molecule has 0 aromatic heterocycles. The molecule has 5 heteroatoms. The number of rotatable bonds is 9. The molecule has 0 amide bonds. The Kier molecular flexibility index (Phi) is 7.92. The van der Waals surface area contributed by atoms with Crippen molar-refractivity contribution in [1.82, 2.24) is 4.90 Å². The van der Waals surface area contributed by atoms with Crippen molar-refractivity contribution in [2.75, 3.05) is 40.3 Å². The summed E-state index contributed by atoms with van der Waals surface area (Å²) in [6.07, 6.45) is 3.05. The van der Waals surface area contributed by atoms with Crippen LogP contribution >= 0.6 is 11.6 Å². The lowest BCUT2D eigenvalue weighted by Gasteiger charge is -2.44. The van der Waals surface area contributed by atoms with Crippen LogP contribution in [0.4, 0.5) is 0 Å². The Morgan fingerprint density at radius 1 is 1.09 bits per heavy atom. The van der Waals surface area contributed by atoms with E-state index in [1.165, 1.54) is 5.56 Å². The number of fused-ring (bicyclic) bond motifs is 1. The number of carbonyl (C=O) groups excluding carboxylic acids is 1. The number of hydrogen-bond donors (Lipinski definition) is 0. The van der Waals surface area contributed by atoms with E-state index < -0.39 is 0 Å². The molecule has 4 nitrogen and oxygen atoms in total. The maximum atomic E-state index is 13.7. The first-order valence-corrected chi connectivity index (χ1v) is 12.7. The SMILES string of the molecule is CCCCC(C(=O)c1ccc2c(Cl)c(OC)ccc2c1)N1CC[N+](C)(Cc2ccccc2)CC1. The third-order valence-corrected chi connectivity index (χ3v) is 7.65. The van der Waals surface area contributed by atoms with E-state index in [4.69, 9.17) is 16.3 Å². The van der Waals surface area contributed by atoms with Crippen LogP contribution in [0.2, 0.25) is 5.02 Å². The molecule has 34 heavy (non-hydrogen) atoms. The Morgan fingerprint density at radius 3 is 2.50 bits per heavy atom. The van der Waals surface area contributed by atoms with Gasteiger partial charge in [0, 0.05) is 29.6 Å². The van der Waals surface area contributed by atoms with E-state index in [0.29, 0.717) is 10.8 Å². The zero-order chi connectivity index (χ0) is 24.1. The van der Waals surface area contributed by atoms with Crippen molar-refractivity contribution in [2.45, 2.75) is 38.8 Å². The molecule has 0 radical (unpaired) electrons. The molecule has 3 aromatic rings. The van der Waals surface area contributed by atoms with Crippen molar-refractivity contribution in [3.8, 4) is 5.75 Å². The summed E-state index contributed by atoms with van der Waals surface area (Å²) in [5.74, 6) is 0.875. The predicted molar refractivity (Wildman–Crippen MR) is 141 cm³/mol. The molecular formula is C29H36ClN2O2+. The summed E-state index contributed by atoms with van der Waals surface area (Å²) in [4.78, 5) is 16.2. The predicted octanol–water partition coefficient (Wildman–Crippen LogP) is 6.21. The number of piperazine rings is 1. The van der Waals surface area contributed by atoms with Gasteiger partial charge < -0.3 is 9.22 Å². The Balaban J connectivity index is 1.51. The van der Waals surface area contributed by atoms with Gasteiger partial charge in [0.15, 0.2) is 5.78 Å². The van der Waals surface area contributed by atoms with Gasteiger partial charge in [-0.25, -0.2) is 0 Å². The molecule has 0 saturated carbocycles. The number of ketones is 1. The van der Waals surface area contributed by atoms with E-state index in [1.54, 1.807) is 7.11 Å². The van der Waals surface area contributed by atoms with Crippen LogP contribution in [-0.4, -0.2) is 61.5 Å². The number of benzene rings is 3. The summed E-state index contributed by atoms with van der Waals surface area (Å²) in [6.45, 7) is 7.23. The monoisotopic (exact) mass is 479 g/mol. The molecule has 1 fully saturated rings. The molecule has 1 aliphatic rings. The van der Waals surface area contributed by atoms with Gasteiger partial charge in [0.1, 0.15) is 12.3 Å². The second kappa shape index (κ2) is 10.9. The second-order valence-corrected chi connectivity index (χ2v) is 10.2. The zero-order valence-electron chi connectivity index (χ0n) is 20.6. The van der Waals surface area contributed by atoms with Gasteiger partial charge in [-0.05, 0) is 23.9 Å². The molecule has 0 spiro atoms. The van der Waals surface area contributed by atoms with E-state index in [0.717, 1.165) is 72.8 Å². The summed E-state index contributed by atoms with van der Waals surface area (Å²) in [5.41, 5.74) is 2.14. The molecule has 1 unspecified atom stereocenters. The largest absolute Gasteiger partial charge is 0.495 e. The van der Waals surface area contributed by atoms with Crippen molar-refractivity contribution in [3.63, 3.8) is 0 Å². The zero-order valence-corrected chi connectivity index (χ0v) is 21.4. The van der Waals surface area contributed by atoms with Gasteiger partial charge in [0.05, 0.1) is 38.3 Å². The maximum absolute atomic E-state index is 13.7. The van der Waals surface area contributed by atoms with Gasteiger partial charge in [-0.15, -0.1) is 0 Å². The third-order valence-electron chi connectivity index (χ3n) is 7.26. The van der Waals surface area contributed by atoms with Crippen LogP contribution in [0.25, 0.3) is 10.8 Å². The average molecular weight is 480 g/mol. The van der Waals surface area contributed by atoms with Gasteiger partial charge in [0.25, 0.3) is 0 Å². The van der Waals surface area contributed by atoms with Crippen LogP contribution in [0.1, 0.15) is 42.1 Å². The van der Waals surface area contributed by atoms with Crippen LogP contribution in [0, 0.1) is 0 Å². The van der Waals surface area contributed by atoms with E-state index in [1.807, 2.05) is 30.3 Å². The van der Waals surface area contributed by atoms with Gasteiger partial charge >= 0.3 is 0 Å². The number of unbranched alkanes of at least 4 members (excludes halogenated alkanes) is 1. The molecule has 0 bridgehead atoms. The summed E-state index contributed by atoms with van der Waals surface area (Å²) in [6, 6.07) is 20.4. The summed E-state index contributed by atoms with van der Waals surface area (Å²) in [5, 5.41) is 2.47. The molecule has 0 N–H and O–H groups in total. The van der Waals surface area contributed by atoms with E-state index >= 15 is 0 Å². The van der Waals surface area contributed by atoms with E-state index in [-0.39, 0.29) is 11.8 Å². The number of halogens is 1. The minimum Gasteiger partial charge on any atom is -0.495 e. The molecular weight excluding hydrogens is 444 g/mol. The quantitative estimate of drug-likeness (QED) is 0.270. The molecule has 1 saturated heterocycles. The first-order valence-electron chi connectivity index (χ1n) is 12.4. The van der Waals surface area contributed by atoms with E-state index in [9.17, 15) is 4.79 Å². The van der Waals surface area contributed by atoms with Crippen LogP contribution < -0.4 is 4.74 Å². The van der Waals surface area contributed by atoms with Crippen molar-refractivity contribution in [2.24, 2.45) is 0 Å². The van der Waals surface area contributed by atoms with Gasteiger partial charge in [0.2, 0.25) is 0 Å². The van der Waals surface area contributed by atoms with Gasteiger partial charge in [-0.3, -0.25) is 9.69 Å². The highest BCUT2D eigenvalue weighted by Gasteiger charge is 2.35. The topological polar surface area (TPSA) is 29.5 Å². The highest BCUT2D eigenvalue weighted by atomic mass is 35.5. The summed E-state index contributed by atoms with van der Waals surface area (Å²) < 4.78 is 6.36. The van der Waals surface area contributed by atoms with Crippen molar-refractivity contribution in [1.29, 1.82) is 0 Å². The fourth-order valence-corrected chi connectivity index (χ4v) is 5.42. The number of hydrogen-bond acceptors (Lipinski definition) is 3. The molecule has 1 heterocycles. The second-order valence-electron chi connectivity index (χ2n) is 9.79. The van der Waals surface area contributed by atoms with Crippen molar-refractivity contribution >= 4 is 28.2 Å². The number of Topliss-reactive ketones (excluding diaryl/α,β-unsaturated/α-hetero) is 1. The maximum Gasteiger partial charge on any atom is 0.179 e. The number of quaternary nitrogens is 1. The van der Waals surface area contributed by atoms with Crippen LogP contribution in [0.5, 0.6) is 5.75 Å². The smallest absolute Gasteiger partial charge is 0.179 e. The standard InChI is InChI=1S/C29H36ClN2O2/c1-4-5-11-26(31-16-18-32(2,19-17-31)21-22-9-7-6-8-10-22)29(33)24-12-14-25-23(20-24)13-15-27(34-3)28(25)30/h6-10,12-15,20,26H,4-5,11,16-19,21H2,1-3H3/q+1. The fourth-order valence-electron chi connectivity index (χ4n) is 5.11. The Morgan fingerprint density at radius 2 is 1.82 bits per heavy atom. The van der Waals surface area contributed by atoms with Gasteiger partial charge in [-0.2, -0.15) is 0 Å². The van der Waals surface area contributed by atoms with E-state index in [2.05, 4.69) is 49.2 Å². The third kappa shape index (κ3) is 5.46. The highest BCUT2D eigenvalue weighted by molar-refractivity contribution is 6.37. The van der Waals surface area contributed by atoms with Crippen LogP contribution in [0.15, 0.2) is 60.7 Å². The molecule has 180 valence electrons. The number of methoxy groups -OCH3 is 1. The van der Waals surface area contributed by atoms with Crippen molar-refractivity contribution in [3.05, 3.63) is 76.8 Å². The normalized spacial score (nSPS) is 16.9. The molecule has 1 atom stereocenters. The summed E-state index contributed by atoms with van der Waals surface area (Å²) in [7, 11) is 3.96. The molecule has 1 aliphatic heterocycles. The molecule has 4 rings (SSSR count). The number of nitrogens with zero attached hydrogens (tertiary/aromatic N) is 2. The minimum atomic E-state index is -0.0726. The molecule has 3 aromatic carbocycles. The Bertz CT molecular complexity index is 1120. The van der Waals surface area contributed by atoms with Crippen molar-refractivity contribution < 1.29 is 14.0 Å².